The second-order valence-corrected chi connectivity index (χ2v) is 6.58. The van der Waals surface area contributed by atoms with Gasteiger partial charge in [0.25, 0.3) is 5.91 Å². The van der Waals surface area contributed by atoms with Crippen molar-refractivity contribution in [2.45, 2.75) is 26.2 Å². The SMILES string of the molecule is Cc1cccc(-n2ncc(C(=O)N3CCCCC3)c2-n2cccc2)c1. The van der Waals surface area contributed by atoms with Crippen molar-refractivity contribution in [1.29, 1.82) is 0 Å². The predicted octanol–water partition coefficient (Wildman–Crippen LogP) is 3.60. The van der Waals surface area contributed by atoms with Gasteiger partial charge in [0.1, 0.15) is 5.56 Å². The third kappa shape index (κ3) is 2.97. The highest BCUT2D eigenvalue weighted by molar-refractivity contribution is 5.97. The predicted molar refractivity (Wildman–Crippen MR) is 97.4 cm³/mol. The van der Waals surface area contributed by atoms with E-state index >= 15 is 0 Å². The van der Waals surface area contributed by atoms with Crippen LogP contribution in [0.3, 0.4) is 0 Å². The molecule has 5 heteroatoms. The number of carbonyl (C=O) groups excluding carboxylic acids is 1. The van der Waals surface area contributed by atoms with Crippen molar-refractivity contribution in [2.24, 2.45) is 0 Å². The van der Waals surface area contributed by atoms with Crippen LogP contribution in [0.15, 0.2) is 55.0 Å². The van der Waals surface area contributed by atoms with Crippen LogP contribution in [-0.2, 0) is 0 Å². The summed E-state index contributed by atoms with van der Waals surface area (Å²) in [5, 5.41) is 4.55. The maximum absolute atomic E-state index is 13.1. The molecule has 0 N–H and O–H groups in total. The highest BCUT2D eigenvalue weighted by atomic mass is 16.2. The van der Waals surface area contributed by atoms with E-state index in [9.17, 15) is 4.79 Å². The van der Waals surface area contributed by atoms with Crippen molar-refractivity contribution in [1.82, 2.24) is 19.2 Å². The lowest BCUT2D eigenvalue weighted by Gasteiger charge is -2.26. The van der Waals surface area contributed by atoms with Gasteiger partial charge in [-0.25, -0.2) is 4.68 Å². The average molecular weight is 334 g/mol. The minimum absolute atomic E-state index is 0.0716. The van der Waals surface area contributed by atoms with E-state index in [2.05, 4.69) is 24.2 Å². The standard InChI is InChI=1S/C20H22N4O/c1-16-8-7-9-17(14-16)24-19(22-10-5-6-11-22)18(15-21-24)20(25)23-12-3-2-4-13-23/h5-11,14-15H,2-4,12-13H2,1H3. The Morgan fingerprint density at radius 2 is 1.80 bits per heavy atom. The van der Waals surface area contributed by atoms with Gasteiger partial charge in [-0.3, -0.25) is 4.79 Å². The molecule has 3 aromatic rings. The Kier molecular flexibility index (Phi) is 4.14. The molecule has 1 aliphatic rings. The van der Waals surface area contributed by atoms with Gasteiger partial charge in [-0.05, 0) is 56.0 Å². The Bertz CT molecular complexity index is 873. The Hall–Kier alpha value is -2.82. The molecule has 5 nitrogen and oxygen atoms in total. The monoisotopic (exact) mass is 334 g/mol. The van der Waals surface area contributed by atoms with Gasteiger partial charge in [0.2, 0.25) is 0 Å². The molecule has 1 aromatic carbocycles. The van der Waals surface area contributed by atoms with Crippen molar-refractivity contribution in [3.63, 3.8) is 0 Å². The lowest BCUT2D eigenvalue weighted by Crippen LogP contribution is -2.36. The second kappa shape index (κ2) is 6.59. The number of piperidine rings is 1. The Labute approximate surface area is 147 Å². The van der Waals surface area contributed by atoms with Crippen molar-refractivity contribution < 1.29 is 4.79 Å². The van der Waals surface area contributed by atoms with E-state index in [-0.39, 0.29) is 5.91 Å². The van der Waals surface area contributed by atoms with Gasteiger partial charge in [-0.2, -0.15) is 5.10 Å². The van der Waals surface area contributed by atoms with Gasteiger partial charge in [-0.1, -0.05) is 12.1 Å². The molecular formula is C20H22N4O. The number of nitrogens with zero attached hydrogens (tertiary/aromatic N) is 4. The molecular weight excluding hydrogens is 312 g/mol. The molecule has 128 valence electrons. The largest absolute Gasteiger partial charge is 0.338 e. The summed E-state index contributed by atoms with van der Waals surface area (Å²) >= 11 is 0. The fourth-order valence-electron chi connectivity index (χ4n) is 3.43. The summed E-state index contributed by atoms with van der Waals surface area (Å²) in [4.78, 5) is 15.0. The summed E-state index contributed by atoms with van der Waals surface area (Å²) in [5.74, 6) is 0.869. The van der Waals surface area contributed by atoms with Crippen molar-refractivity contribution in [2.75, 3.05) is 13.1 Å². The van der Waals surface area contributed by atoms with Gasteiger partial charge in [-0.15, -0.1) is 0 Å². The molecule has 0 radical (unpaired) electrons. The minimum atomic E-state index is 0.0716. The Morgan fingerprint density at radius 1 is 1.04 bits per heavy atom. The molecule has 1 fully saturated rings. The summed E-state index contributed by atoms with van der Waals surface area (Å²) in [5.41, 5.74) is 2.77. The summed E-state index contributed by atoms with van der Waals surface area (Å²) < 4.78 is 3.82. The van der Waals surface area contributed by atoms with Crippen molar-refractivity contribution >= 4 is 5.91 Å². The number of aromatic nitrogens is 3. The topological polar surface area (TPSA) is 43.1 Å². The van der Waals surface area contributed by atoms with Crippen LogP contribution in [0, 0.1) is 6.92 Å². The van der Waals surface area contributed by atoms with Crippen LogP contribution < -0.4 is 0 Å². The molecule has 1 aliphatic heterocycles. The van der Waals surface area contributed by atoms with E-state index in [4.69, 9.17) is 0 Å². The molecule has 0 aliphatic carbocycles. The van der Waals surface area contributed by atoms with Crippen LogP contribution in [-0.4, -0.2) is 38.2 Å². The van der Waals surface area contributed by atoms with E-state index in [0.29, 0.717) is 5.56 Å². The first-order valence-corrected chi connectivity index (χ1v) is 8.82. The quantitative estimate of drug-likeness (QED) is 0.734. The molecule has 0 unspecified atom stereocenters. The lowest BCUT2D eigenvalue weighted by molar-refractivity contribution is 0.0724. The van der Waals surface area contributed by atoms with E-state index in [1.165, 1.54) is 6.42 Å². The zero-order valence-corrected chi connectivity index (χ0v) is 14.4. The fourth-order valence-corrected chi connectivity index (χ4v) is 3.43. The number of amides is 1. The third-order valence-electron chi connectivity index (χ3n) is 4.71. The van der Waals surface area contributed by atoms with E-state index in [1.54, 1.807) is 6.20 Å². The number of hydrogen-bond donors (Lipinski definition) is 0. The summed E-state index contributed by atoms with van der Waals surface area (Å²) in [6.45, 7) is 3.72. The molecule has 0 spiro atoms. The maximum atomic E-state index is 13.1. The van der Waals surface area contributed by atoms with Crippen LogP contribution in [0.5, 0.6) is 0 Å². The molecule has 2 aromatic heterocycles. The summed E-state index contributed by atoms with van der Waals surface area (Å²) in [6.07, 6.45) is 8.98. The molecule has 25 heavy (non-hydrogen) atoms. The molecule has 0 bridgehead atoms. The van der Waals surface area contributed by atoms with Crippen LogP contribution in [0.1, 0.15) is 35.2 Å². The van der Waals surface area contributed by atoms with Crippen LogP contribution in [0.2, 0.25) is 0 Å². The van der Waals surface area contributed by atoms with E-state index in [0.717, 1.165) is 43.0 Å². The minimum Gasteiger partial charge on any atom is -0.338 e. The van der Waals surface area contributed by atoms with Crippen molar-refractivity contribution in [3.8, 4) is 11.5 Å². The van der Waals surface area contributed by atoms with Gasteiger partial charge in [0.15, 0.2) is 5.82 Å². The molecule has 3 heterocycles. The smallest absolute Gasteiger partial charge is 0.259 e. The number of hydrogen-bond acceptors (Lipinski definition) is 2. The molecule has 0 saturated carbocycles. The lowest BCUT2D eigenvalue weighted by atomic mass is 10.1. The highest BCUT2D eigenvalue weighted by Gasteiger charge is 2.25. The number of rotatable bonds is 3. The maximum Gasteiger partial charge on any atom is 0.259 e. The first-order valence-electron chi connectivity index (χ1n) is 8.82. The average Bonchev–Trinajstić information content (AvgIpc) is 3.31. The van der Waals surface area contributed by atoms with E-state index < -0.39 is 0 Å². The Morgan fingerprint density at radius 3 is 2.52 bits per heavy atom. The number of benzene rings is 1. The van der Waals surface area contributed by atoms with E-state index in [1.807, 2.05) is 50.8 Å². The highest BCUT2D eigenvalue weighted by Crippen LogP contribution is 2.23. The van der Waals surface area contributed by atoms with Gasteiger partial charge < -0.3 is 9.47 Å². The van der Waals surface area contributed by atoms with Crippen molar-refractivity contribution in [3.05, 3.63) is 66.1 Å². The second-order valence-electron chi connectivity index (χ2n) is 6.58. The first-order chi connectivity index (χ1) is 12.2. The first kappa shape index (κ1) is 15.7. The van der Waals surface area contributed by atoms with Crippen LogP contribution in [0.25, 0.3) is 11.5 Å². The zero-order chi connectivity index (χ0) is 17.2. The van der Waals surface area contributed by atoms with Gasteiger partial charge in [0.05, 0.1) is 11.9 Å². The fraction of sp³-hybridized carbons (Fsp3) is 0.300. The number of aryl methyl sites for hydroxylation is 1. The molecule has 0 atom stereocenters. The van der Waals surface area contributed by atoms with Gasteiger partial charge in [0, 0.05) is 25.5 Å². The molecule has 4 rings (SSSR count). The summed E-state index contributed by atoms with van der Waals surface area (Å²) in [7, 11) is 0. The number of likely N-dealkylation sites (tertiary alicyclic amines) is 1. The molecule has 1 amide bonds. The zero-order valence-electron chi connectivity index (χ0n) is 14.4. The Balaban J connectivity index is 1.81. The third-order valence-corrected chi connectivity index (χ3v) is 4.71. The summed E-state index contributed by atoms with van der Waals surface area (Å²) in [6, 6.07) is 12.1. The number of carbonyl (C=O) groups is 1. The van der Waals surface area contributed by atoms with Gasteiger partial charge >= 0.3 is 0 Å². The molecule has 1 saturated heterocycles. The van der Waals surface area contributed by atoms with Crippen LogP contribution >= 0.6 is 0 Å². The normalized spacial score (nSPS) is 14.7. The van der Waals surface area contributed by atoms with Crippen LogP contribution in [0.4, 0.5) is 0 Å².